The Bertz CT molecular complexity index is 968. The summed E-state index contributed by atoms with van der Waals surface area (Å²) < 4.78 is 11.9. The van der Waals surface area contributed by atoms with Crippen molar-refractivity contribution >= 4 is 5.91 Å². The Labute approximate surface area is 217 Å². The molecule has 0 aliphatic carbocycles. The first-order valence-electron chi connectivity index (χ1n) is 14.1. The number of hydrogen-bond donors (Lipinski definition) is 0. The zero-order valence-electron chi connectivity index (χ0n) is 22.3. The van der Waals surface area contributed by atoms with Crippen LogP contribution in [0.5, 0.6) is 11.5 Å². The van der Waals surface area contributed by atoms with Crippen LogP contribution in [0.4, 0.5) is 0 Å². The minimum atomic E-state index is 0.132. The number of aryl methyl sites for hydroxylation is 1. The smallest absolute Gasteiger partial charge is 0.253 e. The molecule has 2 heterocycles. The summed E-state index contributed by atoms with van der Waals surface area (Å²) in [5.41, 5.74) is 2.34. The van der Waals surface area contributed by atoms with Gasteiger partial charge in [-0.1, -0.05) is 44.0 Å². The van der Waals surface area contributed by atoms with Crippen LogP contribution in [0, 0.1) is 5.41 Å². The van der Waals surface area contributed by atoms with Gasteiger partial charge in [0.1, 0.15) is 18.1 Å². The van der Waals surface area contributed by atoms with Crippen LogP contribution < -0.4 is 9.47 Å². The van der Waals surface area contributed by atoms with Crippen molar-refractivity contribution in [2.24, 2.45) is 5.41 Å². The Morgan fingerprint density at radius 2 is 1.83 bits per heavy atom. The SMILES string of the molecule is CCCCN1CCOc2ccccc2CCCCC2(CCN(C(=O)c3cccc(OCC)c3)CC2)C1. The molecule has 0 bridgehead atoms. The van der Waals surface area contributed by atoms with Crippen molar-refractivity contribution in [3.05, 3.63) is 59.7 Å². The predicted octanol–water partition coefficient (Wildman–Crippen LogP) is 6.22. The molecule has 0 N–H and O–H groups in total. The molecule has 0 saturated carbocycles. The maximum absolute atomic E-state index is 13.3. The summed E-state index contributed by atoms with van der Waals surface area (Å²) in [6.45, 7) is 10.4. The zero-order chi connectivity index (χ0) is 25.2. The van der Waals surface area contributed by atoms with Crippen LogP contribution in [0.3, 0.4) is 0 Å². The number of hydrogen-bond acceptors (Lipinski definition) is 4. The summed E-state index contributed by atoms with van der Waals surface area (Å²) in [6.07, 6.45) is 9.29. The molecular formula is C31H44N2O3. The van der Waals surface area contributed by atoms with E-state index in [1.165, 1.54) is 37.7 Å². The van der Waals surface area contributed by atoms with E-state index >= 15 is 0 Å². The van der Waals surface area contributed by atoms with Crippen LogP contribution in [0.15, 0.2) is 48.5 Å². The molecule has 5 nitrogen and oxygen atoms in total. The lowest BCUT2D eigenvalue weighted by Gasteiger charge is -2.45. The monoisotopic (exact) mass is 492 g/mol. The van der Waals surface area contributed by atoms with E-state index in [1.54, 1.807) is 0 Å². The number of benzene rings is 2. The van der Waals surface area contributed by atoms with Crippen LogP contribution in [-0.2, 0) is 6.42 Å². The van der Waals surface area contributed by atoms with E-state index in [0.717, 1.165) is 75.7 Å². The summed E-state index contributed by atoms with van der Waals surface area (Å²) in [6, 6.07) is 16.2. The van der Waals surface area contributed by atoms with Crippen molar-refractivity contribution in [3.8, 4) is 11.5 Å². The Hall–Kier alpha value is -2.53. The van der Waals surface area contributed by atoms with Crippen molar-refractivity contribution in [1.82, 2.24) is 9.80 Å². The molecule has 2 aliphatic rings. The number of carbonyl (C=O) groups excluding carboxylic acids is 1. The quantitative estimate of drug-likeness (QED) is 0.480. The van der Waals surface area contributed by atoms with E-state index in [2.05, 4.69) is 41.0 Å². The van der Waals surface area contributed by atoms with E-state index in [0.29, 0.717) is 6.61 Å². The van der Waals surface area contributed by atoms with Crippen LogP contribution in [0.1, 0.15) is 74.7 Å². The van der Waals surface area contributed by atoms with Gasteiger partial charge in [-0.15, -0.1) is 0 Å². The van der Waals surface area contributed by atoms with E-state index < -0.39 is 0 Å². The molecule has 0 aromatic heterocycles. The van der Waals surface area contributed by atoms with Crippen molar-refractivity contribution in [1.29, 1.82) is 0 Å². The fraction of sp³-hybridized carbons (Fsp3) is 0.581. The average Bonchev–Trinajstić information content (AvgIpc) is 2.90. The number of para-hydroxylation sites is 1. The van der Waals surface area contributed by atoms with Crippen molar-refractivity contribution < 1.29 is 14.3 Å². The van der Waals surface area contributed by atoms with Gasteiger partial charge in [-0.3, -0.25) is 9.69 Å². The molecule has 1 spiro atoms. The molecule has 1 amide bonds. The van der Waals surface area contributed by atoms with E-state index in [1.807, 2.05) is 31.2 Å². The topological polar surface area (TPSA) is 42.0 Å². The van der Waals surface area contributed by atoms with Gasteiger partial charge in [-0.25, -0.2) is 0 Å². The minimum Gasteiger partial charge on any atom is -0.494 e. The van der Waals surface area contributed by atoms with Gasteiger partial charge < -0.3 is 14.4 Å². The number of nitrogens with zero attached hydrogens (tertiary/aromatic N) is 2. The third-order valence-corrected chi connectivity index (χ3v) is 7.93. The number of rotatable bonds is 6. The molecule has 36 heavy (non-hydrogen) atoms. The largest absolute Gasteiger partial charge is 0.494 e. The normalized spacial score (nSPS) is 19.0. The molecule has 1 fully saturated rings. The zero-order valence-corrected chi connectivity index (χ0v) is 22.3. The molecule has 1 saturated heterocycles. The van der Waals surface area contributed by atoms with Gasteiger partial charge in [0, 0.05) is 31.7 Å². The third-order valence-electron chi connectivity index (χ3n) is 7.93. The first-order chi connectivity index (χ1) is 17.6. The molecule has 196 valence electrons. The summed E-state index contributed by atoms with van der Waals surface area (Å²) in [4.78, 5) is 18.0. The van der Waals surface area contributed by atoms with Crippen LogP contribution >= 0.6 is 0 Å². The van der Waals surface area contributed by atoms with Crippen molar-refractivity contribution in [2.45, 2.75) is 65.2 Å². The summed E-state index contributed by atoms with van der Waals surface area (Å²) in [5.74, 6) is 1.96. The van der Waals surface area contributed by atoms with Gasteiger partial charge in [0.15, 0.2) is 0 Å². The maximum atomic E-state index is 13.3. The van der Waals surface area contributed by atoms with Gasteiger partial charge in [-0.05, 0) is 87.2 Å². The lowest BCUT2D eigenvalue weighted by atomic mass is 9.73. The fourth-order valence-corrected chi connectivity index (χ4v) is 5.82. The number of likely N-dealkylation sites (tertiary alicyclic amines) is 1. The van der Waals surface area contributed by atoms with Gasteiger partial charge in [0.25, 0.3) is 5.91 Å². The number of fused-ring (bicyclic) bond motifs is 1. The molecule has 4 rings (SSSR count). The number of unbranched alkanes of at least 4 members (excludes halogenated alkanes) is 1. The van der Waals surface area contributed by atoms with Crippen molar-refractivity contribution in [2.75, 3.05) is 45.9 Å². The van der Waals surface area contributed by atoms with E-state index in [9.17, 15) is 4.79 Å². The highest BCUT2D eigenvalue weighted by molar-refractivity contribution is 5.94. The second-order valence-corrected chi connectivity index (χ2v) is 10.5. The highest BCUT2D eigenvalue weighted by Gasteiger charge is 2.37. The molecular weight excluding hydrogens is 448 g/mol. The fourth-order valence-electron chi connectivity index (χ4n) is 5.82. The Kier molecular flexibility index (Phi) is 9.68. The first kappa shape index (κ1) is 26.5. The maximum Gasteiger partial charge on any atom is 0.253 e. The molecule has 5 heteroatoms. The molecule has 0 radical (unpaired) electrons. The molecule has 2 aliphatic heterocycles. The van der Waals surface area contributed by atoms with Gasteiger partial charge in [0.05, 0.1) is 6.61 Å². The molecule has 2 aromatic carbocycles. The Morgan fingerprint density at radius 3 is 2.64 bits per heavy atom. The number of carbonyl (C=O) groups is 1. The predicted molar refractivity (Wildman–Crippen MR) is 146 cm³/mol. The number of amides is 1. The number of piperidine rings is 1. The lowest BCUT2D eigenvalue weighted by molar-refractivity contribution is 0.0374. The molecule has 0 atom stereocenters. The Balaban J connectivity index is 1.44. The Morgan fingerprint density at radius 1 is 1.00 bits per heavy atom. The second-order valence-electron chi connectivity index (χ2n) is 10.5. The van der Waals surface area contributed by atoms with Gasteiger partial charge in [0.2, 0.25) is 0 Å². The molecule has 0 unspecified atom stereocenters. The van der Waals surface area contributed by atoms with Gasteiger partial charge in [-0.2, -0.15) is 0 Å². The highest BCUT2D eigenvalue weighted by Crippen LogP contribution is 2.39. The standard InChI is InChI=1S/C31H44N2O3/c1-3-5-19-32-22-23-36-29-15-7-6-11-26(29)12-8-9-16-31(25-32)17-20-33(21-18-31)30(34)27-13-10-14-28(24-27)35-4-2/h6-7,10-11,13-15,24H,3-5,8-9,12,16-23,25H2,1-2H3. The van der Waals surface area contributed by atoms with Crippen LogP contribution in [0.2, 0.25) is 0 Å². The average molecular weight is 493 g/mol. The second kappa shape index (κ2) is 13.1. The van der Waals surface area contributed by atoms with Gasteiger partial charge >= 0.3 is 0 Å². The summed E-state index contributed by atoms with van der Waals surface area (Å²) in [5, 5.41) is 0. The van der Waals surface area contributed by atoms with Crippen LogP contribution in [0.25, 0.3) is 0 Å². The highest BCUT2D eigenvalue weighted by atomic mass is 16.5. The minimum absolute atomic E-state index is 0.132. The van der Waals surface area contributed by atoms with E-state index in [-0.39, 0.29) is 11.3 Å². The molecule has 2 aromatic rings. The summed E-state index contributed by atoms with van der Waals surface area (Å²) >= 11 is 0. The first-order valence-corrected chi connectivity index (χ1v) is 14.1. The summed E-state index contributed by atoms with van der Waals surface area (Å²) in [7, 11) is 0. The van der Waals surface area contributed by atoms with Crippen LogP contribution in [-0.4, -0.2) is 61.6 Å². The van der Waals surface area contributed by atoms with E-state index in [4.69, 9.17) is 9.47 Å². The lowest BCUT2D eigenvalue weighted by Crippen LogP contribution is -2.48. The third kappa shape index (κ3) is 7.03. The van der Waals surface area contributed by atoms with Crippen molar-refractivity contribution in [3.63, 3.8) is 0 Å². The number of ether oxygens (including phenoxy) is 2.